The quantitative estimate of drug-likeness (QED) is 0.601. The van der Waals surface area contributed by atoms with Gasteiger partial charge in [-0.05, 0) is 30.9 Å². The van der Waals surface area contributed by atoms with E-state index in [1.165, 1.54) is 12.1 Å². The fraction of sp³-hybridized carbons (Fsp3) is 0.231. The lowest BCUT2D eigenvalue weighted by atomic mass is 10.0. The molecule has 0 bridgehead atoms. The minimum absolute atomic E-state index is 0.0507. The normalized spacial score (nSPS) is 13.9. The Labute approximate surface area is 109 Å². The molecule has 6 heteroatoms. The van der Waals surface area contributed by atoms with Crippen molar-refractivity contribution in [3.05, 3.63) is 73.5 Å². The number of allylic oxidation sites excluding steroid dienone is 3. The molecule has 98 valence electrons. The van der Waals surface area contributed by atoms with E-state index in [2.05, 4.69) is 0 Å². The van der Waals surface area contributed by atoms with Crippen LogP contribution >= 0.6 is 0 Å². The lowest BCUT2D eigenvalue weighted by Gasteiger charge is -2.02. The van der Waals surface area contributed by atoms with E-state index in [1.54, 1.807) is 18.2 Å². The fourth-order valence-electron chi connectivity index (χ4n) is 2.03. The first-order chi connectivity index (χ1) is 9.08. The summed E-state index contributed by atoms with van der Waals surface area (Å²) in [5.41, 5.74) is 1.90. The van der Waals surface area contributed by atoms with E-state index in [-0.39, 0.29) is 16.3 Å². The Morgan fingerprint density at radius 1 is 0.947 bits per heavy atom. The standard InChI is InChI=1S/C13H12N2O4/c16-14(17)12-8-5-10(6-9-12)4-7-11-2-1-3-13(11)15(18)19/h2-3,5-6,8-9H,1,4,7H2. The smallest absolute Gasteiger partial charge is 0.258 e. The van der Waals surface area contributed by atoms with Crippen molar-refractivity contribution in [2.45, 2.75) is 19.3 Å². The van der Waals surface area contributed by atoms with Gasteiger partial charge in [-0.3, -0.25) is 20.2 Å². The van der Waals surface area contributed by atoms with Gasteiger partial charge in [0, 0.05) is 17.7 Å². The molecule has 0 spiro atoms. The first kappa shape index (κ1) is 12.9. The highest BCUT2D eigenvalue weighted by Gasteiger charge is 2.20. The fourth-order valence-corrected chi connectivity index (χ4v) is 2.03. The molecular formula is C13H12N2O4. The van der Waals surface area contributed by atoms with Crippen LogP contribution in [-0.4, -0.2) is 9.85 Å². The van der Waals surface area contributed by atoms with Crippen molar-refractivity contribution in [3.8, 4) is 0 Å². The Kier molecular flexibility index (Phi) is 3.70. The molecule has 0 saturated carbocycles. The summed E-state index contributed by atoms with van der Waals surface area (Å²) >= 11 is 0. The zero-order valence-electron chi connectivity index (χ0n) is 10.1. The van der Waals surface area contributed by atoms with Gasteiger partial charge in [0.15, 0.2) is 0 Å². The second-order valence-electron chi connectivity index (χ2n) is 4.24. The van der Waals surface area contributed by atoms with Gasteiger partial charge in [-0.2, -0.15) is 0 Å². The molecule has 1 aromatic rings. The highest BCUT2D eigenvalue weighted by molar-refractivity contribution is 5.35. The first-order valence-corrected chi connectivity index (χ1v) is 5.85. The third-order valence-corrected chi connectivity index (χ3v) is 3.03. The molecule has 0 aromatic heterocycles. The van der Waals surface area contributed by atoms with Crippen LogP contribution in [0.5, 0.6) is 0 Å². The molecule has 0 aliphatic heterocycles. The summed E-state index contributed by atoms with van der Waals surface area (Å²) in [5, 5.41) is 21.3. The number of rotatable bonds is 5. The predicted molar refractivity (Wildman–Crippen MR) is 69.2 cm³/mol. The van der Waals surface area contributed by atoms with Crippen molar-refractivity contribution in [1.29, 1.82) is 0 Å². The number of benzene rings is 1. The molecule has 0 atom stereocenters. The molecule has 0 amide bonds. The van der Waals surface area contributed by atoms with Crippen LogP contribution in [0.2, 0.25) is 0 Å². The van der Waals surface area contributed by atoms with Gasteiger partial charge in [-0.1, -0.05) is 18.2 Å². The van der Waals surface area contributed by atoms with E-state index < -0.39 is 4.92 Å². The highest BCUT2D eigenvalue weighted by Crippen LogP contribution is 2.24. The van der Waals surface area contributed by atoms with Crippen LogP contribution in [0.3, 0.4) is 0 Å². The van der Waals surface area contributed by atoms with Crippen molar-refractivity contribution in [2.75, 3.05) is 0 Å². The van der Waals surface area contributed by atoms with Gasteiger partial charge < -0.3 is 0 Å². The SMILES string of the molecule is O=[N+]([O-])C1=CCC=C1CCc1ccc([N+](=O)[O-])cc1. The molecule has 0 radical (unpaired) electrons. The zero-order valence-corrected chi connectivity index (χ0v) is 10.1. The molecule has 6 nitrogen and oxygen atoms in total. The van der Waals surface area contributed by atoms with Gasteiger partial charge in [-0.15, -0.1) is 0 Å². The van der Waals surface area contributed by atoms with E-state index in [0.717, 1.165) is 11.1 Å². The van der Waals surface area contributed by atoms with E-state index in [0.29, 0.717) is 19.3 Å². The molecule has 1 aliphatic rings. The zero-order chi connectivity index (χ0) is 13.8. The van der Waals surface area contributed by atoms with Crippen LogP contribution in [0.1, 0.15) is 18.4 Å². The van der Waals surface area contributed by atoms with Crippen LogP contribution in [0, 0.1) is 20.2 Å². The molecule has 1 aliphatic carbocycles. The summed E-state index contributed by atoms with van der Waals surface area (Å²) in [4.78, 5) is 20.5. The Balaban J connectivity index is 1.98. The number of non-ortho nitro benzene ring substituents is 1. The average molecular weight is 260 g/mol. The average Bonchev–Trinajstić information content (AvgIpc) is 2.85. The van der Waals surface area contributed by atoms with Gasteiger partial charge >= 0.3 is 0 Å². The maximum absolute atomic E-state index is 10.8. The monoisotopic (exact) mass is 260 g/mol. The summed E-state index contributed by atoms with van der Waals surface area (Å²) in [5.74, 6) is 0. The van der Waals surface area contributed by atoms with Crippen molar-refractivity contribution < 1.29 is 9.85 Å². The Morgan fingerprint density at radius 2 is 1.63 bits per heavy atom. The van der Waals surface area contributed by atoms with Crippen molar-refractivity contribution in [1.82, 2.24) is 0 Å². The molecule has 0 fully saturated rings. The van der Waals surface area contributed by atoms with Gasteiger partial charge in [0.05, 0.1) is 9.85 Å². The summed E-state index contributed by atoms with van der Waals surface area (Å²) in [7, 11) is 0. The van der Waals surface area contributed by atoms with E-state index in [9.17, 15) is 20.2 Å². The van der Waals surface area contributed by atoms with E-state index in [4.69, 9.17) is 0 Å². The van der Waals surface area contributed by atoms with Gasteiger partial charge in [0.2, 0.25) is 0 Å². The first-order valence-electron chi connectivity index (χ1n) is 5.85. The number of nitrogens with zero attached hydrogens (tertiary/aromatic N) is 2. The number of hydrogen-bond acceptors (Lipinski definition) is 4. The molecule has 0 heterocycles. The van der Waals surface area contributed by atoms with Crippen LogP contribution in [0.25, 0.3) is 0 Å². The van der Waals surface area contributed by atoms with Crippen LogP contribution < -0.4 is 0 Å². The van der Waals surface area contributed by atoms with E-state index in [1.807, 2.05) is 6.08 Å². The number of hydrogen-bond donors (Lipinski definition) is 0. The van der Waals surface area contributed by atoms with E-state index >= 15 is 0 Å². The Bertz CT molecular complexity index is 573. The molecule has 1 aromatic carbocycles. The number of nitro groups is 2. The number of nitro benzene ring substituents is 1. The Morgan fingerprint density at radius 3 is 2.21 bits per heavy atom. The van der Waals surface area contributed by atoms with Crippen LogP contribution in [0.15, 0.2) is 47.7 Å². The van der Waals surface area contributed by atoms with Crippen molar-refractivity contribution in [2.24, 2.45) is 0 Å². The third-order valence-electron chi connectivity index (χ3n) is 3.03. The van der Waals surface area contributed by atoms with Crippen LogP contribution in [-0.2, 0) is 6.42 Å². The molecule has 19 heavy (non-hydrogen) atoms. The third kappa shape index (κ3) is 3.04. The number of aryl methyl sites for hydroxylation is 1. The summed E-state index contributed by atoms with van der Waals surface area (Å²) in [6, 6.07) is 6.26. The summed E-state index contributed by atoms with van der Waals surface area (Å²) < 4.78 is 0. The van der Waals surface area contributed by atoms with Gasteiger partial charge in [0.25, 0.3) is 11.4 Å². The summed E-state index contributed by atoms with van der Waals surface area (Å²) in [6.45, 7) is 0. The van der Waals surface area contributed by atoms with Gasteiger partial charge in [0.1, 0.15) is 0 Å². The summed E-state index contributed by atoms with van der Waals surface area (Å²) in [6.07, 6.45) is 5.26. The molecule has 0 N–H and O–H groups in total. The molecule has 0 saturated heterocycles. The van der Waals surface area contributed by atoms with Crippen molar-refractivity contribution in [3.63, 3.8) is 0 Å². The molecular weight excluding hydrogens is 248 g/mol. The lowest BCUT2D eigenvalue weighted by Crippen LogP contribution is -2.01. The maximum Gasteiger partial charge on any atom is 0.269 e. The van der Waals surface area contributed by atoms with Gasteiger partial charge in [-0.25, -0.2) is 0 Å². The second-order valence-corrected chi connectivity index (χ2v) is 4.24. The second kappa shape index (κ2) is 5.43. The maximum atomic E-state index is 10.8. The topological polar surface area (TPSA) is 86.3 Å². The Hall–Kier alpha value is -2.50. The predicted octanol–water partition coefficient (Wildman–Crippen LogP) is 3.02. The van der Waals surface area contributed by atoms with Crippen molar-refractivity contribution >= 4 is 5.69 Å². The van der Waals surface area contributed by atoms with Crippen LogP contribution in [0.4, 0.5) is 5.69 Å². The molecule has 2 rings (SSSR count). The molecule has 0 unspecified atom stereocenters. The minimum atomic E-state index is -0.448. The highest BCUT2D eigenvalue weighted by atomic mass is 16.6. The largest absolute Gasteiger partial charge is 0.269 e. The lowest BCUT2D eigenvalue weighted by molar-refractivity contribution is -0.420. The minimum Gasteiger partial charge on any atom is -0.258 e.